The number of aromatic nitrogens is 3. The summed E-state index contributed by atoms with van der Waals surface area (Å²) in [5, 5.41) is 7.74. The summed E-state index contributed by atoms with van der Waals surface area (Å²) in [6.45, 7) is 2.23. The zero-order chi connectivity index (χ0) is 10.2. The van der Waals surface area contributed by atoms with E-state index in [1.165, 1.54) is 0 Å². The second kappa shape index (κ2) is 3.08. The summed E-state index contributed by atoms with van der Waals surface area (Å²) in [4.78, 5) is 11.7. The molecule has 1 aromatic rings. The first kappa shape index (κ1) is 9.18. The maximum absolute atomic E-state index is 11.7. The van der Waals surface area contributed by atoms with Gasteiger partial charge in [-0.05, 0) is 19.8 Å². The lowest BCUT2D eigenvalue weighted by Gasteiger charge is -2.11. The summed E-state index contributed by atoms with van der Waals surface area (Å²) in [5.74, 6) is 0.548. The van der Waals surface area contributed by atoms with Crippen molar-refractivity contribution in [2.45, 2.75) is 25.2 Å². The van der Waals surface area contributed by atoms with Crippen molar-refractivity contribution < 1.29 is 9.53 Å². The van der Waals surface area contributed by atoms with Gasteiger partial charge in [-0.15, -0.1) is 10.2 Å². The smallest absolute Gasteiger partial charge is 0.319 e. The number of nitrogens with zero attached hydrogens (tertiary/aromatic N) is 3. The van der Waals surface area contributed by atoms with Crippen molar-refractivity contribution in [3.63, 3.8) is 0 Å². The number of ether oxygens (including phenoxy) is 1. The Morgan fingerprint density at radius 3 is 2.86 bits per heavy atom. The molecule has 0 N–H and O–H groups in total. The van der Waals surface area contributed by atoms with E-state index in [0.29, 0.717) is 6.61 Å². The third kappa shape index (κ3) is 1.20. The molecule has 0 atom stereocenters. The molecule has 0 bridgehead atoms. The van der Waals surface area contributed by atoms with Gasteiger partial charge < -0.3 is 9.30 Å². The average Bonchev–Trinajstić information content (AvgIpc) is 2.85. The van der Waals surface area contributed by atoms with Gasteiger partial charge in [0.2, 0.25) is 0 Å². The Morgan fingerprint density at radius 2 is 2.43 bits per heavy atom. The van der Waals surface area contributed by atoms with Crippen LogP contribution in [0.3, 0.4) is 0 Å². The number of hydrogen-bond donors (Lipinski definition) is 0. The van der Waals surface area contributed by atoms with Gasteiger partial charge in [-0.3, -0.25) is 4.79 Å². The number of hydrogen-bond acceptors (Lipinski definition) is 4. The molecule has 5 heteroatoms. The summed E-state index contributed by atoms with van der Waals surface area (Å²) in [6, 6.07) is 0. The van der Waals surface area contributed by atoms with E-state index >= 15 is 0 Å². The Balaban J connectivity index is 2.25. The minimum absolute atomic E-state index is 0.170. The van der Waals surface area contributed by atoms with Crippen LogP contribution in [0.1, 0.15) is 25.6 Å². The first-order valence-electron chi connectivity index (χ1n) is 4.72. The summed E-state index contributed by atoms with van der Waals surface area (Å²) in [6.07, 6.45) is 3.24. The molecule has 0 radical (unpaired) electrons. The summed E-state index contributed by atoms with van der Waals surface area (Å²) in [7, 11) is 1.84. The first-order valence-corrected chi connectivity index (χ1v) is 4.72. The van der Waals surface area contributed by atoms with Crippen molar-refractivity contribution in [2.24, 2.45) is 7.05 Å². The van der Waals surface area contributed by atoms with E-state index in [1.54, 1.807) is 10.9 Å². The molecule has 0 amide bonds. The molecule has 0 aliphatic heterocycles. The van der Waals surface area contributed by atoms with Crippen LogP contribution in [0.15, 0.2) is 6.33 Å². The Bertz CT molecular complexity index is 355. The molecule has 0 spiro atoms. The van der Waals surface area contributed by atoms with Crippen molar-refractivity contribution in [1.29, 1.82) is 0 Å². The van der Waals surface area contributed by atoms with E-state index in [-0.39, 0.29) is 5.97 Å². The SMILES string of the molecule is CCOC(=O)C1(c2nncn2C)CC1. The molecule has 0 aromatic carbocycles. The van der Waals surface area contributed by atoms with Gasteiger partial charge in [-0.2, -0.15) is 0 Å². The molecule has 1 saturated carbocycles. The van der Waals surface area contributed by atoms with Gasteiger partial charge in [0.15, 0.2) is 0 Å². The predicted octanol–water partition coefficient (Wildman–Crippen LogP) is 0.410. The van der Waals surface area contributed by atoms with Crippen LogP contribution < -0.4 is 0 Å². The predicted molar refractivity (Wildman–Crippen MR) is 48.5 cm³/mol. The zero-order valence-corrected chi connectivity index (χ0v) is 8.36. The standard InChI is InChI=1S/C9H13N3O2/c1-3-14-8(13)9(4-5-9)7-11-10-6-12(7)2/h6H,3-5H2,1-2H3. The minimum Gasteiger partial charge on any atom is -0.465 e. The molecule has 0 saturated heterocycles. The Labute approximate surface area is 82.1 Å². The maximum atomic E-state index is 11.7. The van der Waals surface area contributed by atoms with Gasteiger partial charge in [0, 0.05) is 7.05 Å². The Kier molecular flexibility index (Phi) is 2.02. The van der Waals surface area contributed by atoms with Gasteiger partial charge in [0.25, 0.3) is 0 Å². The second-order valence-electron chi connectivity index (χ2n) is 3.57. The highest BCUT2D eigenvalue weighted by atomic mass is 16.5. The van der Waals surface area contributed by atoms with Crippen molar-refractivity contribution in [1.82, 2.24) is 14.8 Å². The molecule has 1 aromatic heterocycles. The lowest BCUT2D eigenvalue weighted by molar-refractivity contribution is -0.146. The normalized spacial score (nSPS) is 17.9. The Hall–Kier alpha value is -1.39. The van der Waals surface area contributed by atoms with Crippen LogP contribution in [0.2, 0.25) is 0 Å². The molecule has 14 heavy (non-hydrogen) atoms. The molecule has 5 nitrogen and oxygen atoms in total. The topological polar surface area (TPSA) is 57.0 Å². The fourth-order valence-electron chi connectivity index (χ4n) is 1.63. The van der Waals surface area contributed by atoms with E-state index in [0.717, 1.165) is 18.7 Å². The molecule has 1 aliphatic rings. The van der Waals surface area contributed by atoms with E-state index in [9.17, 15) is 4.79 Å². The second-order valence-corrected chi connectivity index (χ2v) is 3.57. The van der Waals surface area contributed by atoms with Crippen LogP contribution in [0.25, 0.3) is 0 Å². The number of carbonyl (C=O) groups excluding carboxylic acids is 1. The van der Waals surface area contributed by atoms with Gasteiger partial charge >= 0.3 is 5.97 Å². The van der Waals surface area contributed by atoms with Crippen LogP contribution in [-0.4, -0.2) is 27.3 Å². The summed E-state index contributed by atoms with van der Waals surface area (Å²) in [5.41, 5.74) is -0.499. The molecular formula is C9H13N3O2. The summed E-state index contributed by atoms with van der Waals surface area (Å²) < 4.78 is 6.81. The van der Waals surface area contributed by atoms with Crippen LogP contribution >= 0.6 is 0 Å². The largest absolute Gasteiger partial charge is 0.465 e. The van der Waals surface area contributed by atoms with Gasteiger partial charge in [-0.1, -0.05) is 0 Å². The quantitative estimate of drug-likeness (QED) is 0.655. The highest BCUT2D eigenvalue weighted by Crippen LogP contribution is 2.48. The van der Waals surface area contributed by atoms with Crippen molar-refractivity contribution in [2.75, 3.05) is 6.61 Å². The third-order valence-corrected chi connectivity index (χ3v) is 2.56. The lowest BCUT2D eigenvalue weighted by Crippen LogP contribution is -2.26. The molecular weight excluding hydrogens is 182 g/mol. The summed E-state index contributed by atoms with van der Waals surface area (Å²) >= 11 is 0. The molecule has 2 rings (SSSR count). The van der Waals surface area contributed by atoms with E-state index in [1.807, 2.05) is 14.0 Å². The van der Waals surface area contributed by atoms with Gasteiger partial charge in [0.05, 0.1) is 6.61 Å². The number of rotatable bonds is 3. The Morgan fingerprint density at radius 1 is 1.71 bits per heavy atom. The van der Waals surface area contributed by atoms with Crippen molar-refractivity contribution in [3.05, 3.63) is 12.2 Å². The van der Waals surface area contributed by atoms with Gasteiger partial charge in [-0.25, -0.2) is 0 Å². The number of carbonyl (C=O) groups is 1. The monoisotopic (exact) mass is 195 g/mol. The molecule has 1 heterocycles. The zero-order valence-electron chi connectivity index (χ0n) is 8.36. The lowest BCUT2D eigenvalue weighted by atomic mass is 10.1. The highest BCUT2D eigenvalue weighted by molar-refractivity contribution is 5.85. The van der Waals surface area contributed by atoms with E-state index < -0.39 is 5.41 Å². The van der Waals surface area contributed by atoms with Gasteiger partial charge in [0.1, 0.15) is 17.6 Å². The van der Waals surface area contributed by atoms with E-state index in [4.69, 9.17) is 4.74 Å². The molecule has 1 aliphatic carbocycles. The third-order valence-electron chi connectivity index (χ3n) is 2.56. The van der Waals surface area contributed by atoms with Crippen LogP contribution in [0, 0.1) is 0 Å². The van der Waals surface area contributed by atoms with Crippen LogP contribution in [0.5, 0.6) is 0 Å². The number of aryl methyl sites for hydroxylation is 1. The molecule has 1 fully saturated rings. The number of esters is 1. The minimum atomic E-state index is -0.499. The van der Waals surface area contributed by atoms with Crippen molar-refractivity contribution in [3.8, 4) is 0 Å². The average molecular weight is 195 g/mol. The van der Waals surface area contributed by atoms with E-state index in [2.05, 4.69) is 10.2 Å². The highest BCUT2D eigenvalue weighted by Gasteiger charge is 2.56. The molecule has 76 valence electrons. The van der Waals surface area contributed by atoms with Crippen LogP contribution in [-0.2, 0) is 22.0 Å². The first-order chi connectivity index (χ1) is 6.70. The maximum Gasteiger partial charge on any atom is 0.319 e. The molecule has 0 unspecified atom stereocenters. The van der Waals surface area contributed by atoms with Crippen LogP contribution in [0.4, 0.5) is 0 Å². The fourth-order valence-corrected chi connectivity index (χ4v) is 1.63. The van der Waals surface area contributed by atoms with Crippen molar-refractivity contribution >= 4 is 5.97 Å². The fraction of sp³-hybridized carbons (Fsp3) is 0.667.